The van der Waals surface area contributed by atoms with E-state index in [2.05, 4.69) is 10.2 Å². The average Bonchev–Trinajstić information content (AvgIpc) is 2.51. The maximum atomic E-state index is 4.27. The first kappa shape index (κ1) is 3.69. The van der Waals surface area contributed by atoms with Crippen molar-refractivity contribution in [2.75, 3.05) is 6.54 Å². The standard InChI is InChI=1S/C7H8N2/c1-2-3-4-5(3)6(4)7(2)9-8-1/h2-7H,1H2/t2-,3?,4-,5?,6?,7-/m0/s1. The minimum Gasteiger partial charge on any atom is -0.194 e. The van der Waals surface area contributed by atoms with Crippen LogP contribution >= 0.6 is 0 Å². The van der Waals surface area contributed by atoms with E-state index in [-0.39, 0.29) is 0 Å². The molecule has 5 aliphatic rings. The molecule has 2 heteroatoms. The van der Waals surface area contributed by atoms with Gasteiger partial charge in [-0.25, -0.2) is 0 Å². The van der Waals surface area contributed by atoms with Crippen LogP contribution in [0.5, 0.6) is 0 Å². The van der Waals surface area contributed by atoms with E-state index in [1.165, 1.54) is 0 Å². The number of hydrogen-bond acceptors (Lipinski definition) is 2. The Kier molecular flexibility index (Phi) is 0.320. The predicted molar refractivity (Wildman–Crippen MR) is 31.0 cm³/mol. The van der Waals surface area contributed by atoms with Crippen LogP contribution in [0.15, 0.2) is 10.2 Å². The molecule has 0 aromatic heterocycles. The molecule has 0 aromatic rings. The molecule has 4 fully saturated rings. The van der Waals surface area contributed by atoms with E-state index in [4.69, 9.17) is 0 Å². The van der Waals surface area contributed by atoms with Gasteiger partial charge in [0.1, 0.15) is 0 Å². The highest BCUT2D eigenvalue weighted by atomic mass is 15.2. The van der Waals surface area contributed by atoms with Gasteiger partial charge < -0.3 is 0 Å². The van der Waals surface area contributed by atoms with Gasteiger partial charge in [0.15, 0.2) is 0 Å². The molecule has 0 aromatic carbocycles. The lowest BCUT2D eigenvalue weighted by Crippen LogP contribution is -2.08. The van der Waals surface area contributed by atoms with Crippen LogP contribution in [0, 0.1) is 29.6 Å². The second-order valence-corrected chi connectivity index (χ2v) is 3.90. The minimum atomic E-state index is 0.713. The highest BCUT2D eigenvalue weighted by Crippen LogP contribution is 2.84. The smallest absolute Gasteiger partial charge is 0.0791 e. The largest absolute Gasteiger partial charge is 0.194 e. The molecule has 9 heavy (non-hydrogen) atoms. The number of rotatable bonds is 0. The third-order valence-electron chi connectivity index (χ3n) is 3.78. The zero-order valence-electron chi connectivity index (χ0n) is 5.07. The van der Waals surface area contributed by atoms with Gasteiger partial charge in [-0.15, -0.1) is 0 Å². The summed E-state index contributed by atoms with van der Waals surface area (Å²) in [6.45, 7) is 1.07. The zero-order chi connectivity index (χ0) is 5.59. The molecule has 6 atom stereocenters. The van der Waals surface area contributed by atoms with Crippen molar-refractivity contribution in [2.45, 2.75) is 6.04 Å². The summed E-state index contributed by atoms with van der Waals surface area (Å²) in [7, 11) is 0. The molecule has 2 bridgehead atoms. The summed E-state index contributed by atoms with van der Waals surface area (Å²) in [5, 5.41) is 8.35. The first-order valence-corrected chi connectivity index (χ1v) is 3.85. The van der Waals surface area contributed by atoms with E-state index in [1.807, 2.05) is 0 Å². The first-order chi connectivity index (χ1) is 4.48. The summed E-state index contributed by atoms with van der Waals surface area (Å²) in [5.74, 6) is 5.37. The summed E-state index contributed by atoms with van der Waals surface area (Å²) in [5.41, 5.74) is 0. The molecule has 0 radical (unpaired) electrons. The summed E-state index contributed by atoms with van der Waals surface area (Å²) in [4.78, 5) is 0. The lowest BCUT2D eigenvalue weighted by Gasteiger charge is -1.99. The quantitative estimate of drug-likeness (QED) is 0.454. The molecule has 1 aliphatic heterocycles. The van der Waals surface area contributed by atoms with Gasteiger partial charge in [-0.3, -0.25) is 0 Å². The van der Waals surface area contributed by atoms with Gasteiger partial charge in [0, 0.05) is 5.92 Å². The topological polar surface area (TPSA) is 24.7 Å². The monoisotopic (exact) mass is 120 g/mol. The van der Waals surface area contributed by atoms with Crippen molar-refractivity contribution >= 4 is 0 Å². The van der Waals surface area contributed by atoms with Gasteiger partial charge in [-0.1, -0.05) is 0 Å². The van der Waals surface area contributed by atoms with Gasteiger partial charge in [0.2, 0.25) is 0 Å². The van der Waals surface area contributed by atoms with Crippen LogP contribution in [0.25, 0.3) is 0 Å². The molecule has 2 nitrogen and oxygen atoms in total. The number of hydrogen-bond donors (Lipinski definition) is 0. The van der Waals surface area contributed by atoms with Gasteiger partial charge in [0.05, 0.1) is 12.6 Å². The lowest BCUT2D eigenvalue weighted by molar-refractivity contribution is 0.525. The Morgan fingerprint density at radius 3 is 2.67 bits per heavy atom. The molecule has 5 rings (SSSR count). The lowest BCUT2D eigenvalue weighted by atomic mass is 10.1. The second kappa shape index (κ2) is 0.780. The van der Waals surface area contributed by atoms with Crippen LogP contribution in [-0.2, 0) is 0 Å². The highest BCUT2D eigenvalue weighted by molar-refractivity contribution is 5.33. The van der Waals surface area contributed by atoms with E-state index in [9.17, 15) is 0 Å². The summed E-state index contributed by atoms with van der Waals surface area (Å²) >= 11 is 0. The van der Waals surface area contributed by atoms with Gasteiger partial charge in [-0.05, 0) is 23.7 Å². The molecule has 0 amide bonds. The maximum absolute atomic E-state index is 4.27. The fraction of sp³-hybridized carbons (Fsp3) is 1.00. The van der Waals surface area contributed by atoms with Crippen LogP contribution in [0.1, 0.15) is 0 Å². The molecule has 46 valence electrons. The van der Waals surface area contributed by atoms with Crippen molar-refractivity contribution in [1.82, 2.24) is 0 Å². The SMILES string of the molecule is C1N=N[C@@H]2C3C4C([C@@H]43)[C@H]12. The molecule has 3 unspecified atom stereocenters. The fourth-order valence-corrected chi connectivity index (χ4v) is 3.30. The van der Waals surface area contributed by atoms with Crippen molar-refractivity contribution in [1.29, 1.82) is 0 Å². The van der Waals surface area contributed by atoms with Crippen LogP contribution in [0.3, 0.4) is 0 Å². The van der Waals surface area contributed by atoms with Crippen molar-refractivity contribution < 1.29 is 0 Å². The minimum absolute atomic E-state index is 0.713. The van der Waals surface area contributed by atoms with Crippen LogP contribution in [-0.4, -0.2) is 12.6 Å². The third kappa shape index (κ3) is 0.211. The Labute approximate surface area is 53.4 Å². The molecule has 0 N–H and O–H groups in total. The first-order valence-electron chi connectivity index (χ1n) is 3.85. The Morgan fingerprint density at radius 2 is 1.89 bits per heavy atom. The zero-order valence-corrected chi connectivity index (χ0v) is 5.07. The van der Waals surface area contributed by atoms with Gasteiger partial charge in [0.25, 0.3) is 0 Å². The molecule has 4 aliphatic carbocycles. The van der Waals surface area contributed by atoms with Gasteiger partial charge in [-0.2, -0.15) is 10.2 Å². The Bertz CT molecular complexity index is 213. The highest BCUT2D eigenvalue weighted by Gasteiger charge is 2.85. The second-order valence-electron chi connectivity index (χ2n) is 3.90. The Balaban J connectivity index is 1.92. The van der Waals surface area contributed by atoms with Gasteiger partial charge >= 0.3 is 0 Å². The van der Waals surface area contributed by atoms with E-state index >= 15 is 0 Å². The molecule has 1 heterocycles. The maximum Gasteiger partial charge on any atom is 0.0791 e. The van der Waals surface area contributed by atoms with E-state index < -0.39 is 0 Å². The summed E-state index contributed by atoms with van der Waals surface area (Å²) in [6, 6.07) is 0.713. The predicted octanol–water partition coefficient (Wildman–Crippen LogP) is 0.943. The van der Waals surface area contributed by atoms with Crippen molar-refractivity contribution in [3.63, 3.8) is 0 Å². The average molecular weight is 120 g/mol. The van der Waals surface area contributed by atoms with Crippen LogP contribution in [0.4, 0.5) is 0 Å². The van der Waals surface area contributed by atoms with Crippen LogP contribution in [0.2, 0.25) is 0 Å². The van der Waals surface area contributed by atoms with Crippen molar-refractivity contribution in [3.05, 3.63) is 0 Å². The number of azo groups is 1. The molecular weight excluding hydrogens is 112 g/mol. The third-order valence-corrected chi connectivity index (χ3v) is 3.78. The molecule has 4 saturated carbocycles. The Hall–Kier alpha value is -0.400. The van der Waals surface area contributed by atoms with Crippen molar-refractivity contribution in [3.8, 4) is 0 Å². The molecular formula is C7H8N2. The summed E-state index contributed by atoms with van der Waals surface area (Å²) < 4.78 is 0. The number of nitrogens with zero attached hydrogens (tertiary/aromatic N) is 2. The fourth-order valence-electron chi connectivity index (χ4n) is 3.30. The molecule has 0 saturated heterocycles. The Morgan fingerprint density at radius 1 is 1.00 bits per heavy atom. The normalized spacial score (nSPS) is 78.2. The van der Waals surface area contributed by atoms with Crippen LogP contribution < -0.4 is 0 Å². The van der Waals surface area contributed by atoms with E-state index in [0.29, 0.717) is 6.04 Å². The molecule has 0 spiro atoms. The van der Waals surface area contributed by atoms with E-state index in [1.54, 1.807) is 0 Å². The van der Waals surface area contributed by atoms with E-state index in [0.717, 1.165) is 36.1 Å². The summed E-state index contributed by atoms with van der Waals surface area (Å²) in [6.07, 6.45) is 0. The van der Waals surface area contributed by atoms with Crippen molar-refractivity contribution in [2.24, 2.45) is 39.8 Å².